The molecule has 4 rings (SSSR count). The number of nitrogens with one attached hydrogen (secondary N) is 1. The Balaban J connectivity index is 1.42. The summed E-state index contributed by atoms with van der Waals surface area (Å²) in [6, 6.07) is 14.9. The molecule has 0 unspecified atom stereocenters. The summed E-state index contributed by atoms with van der Waals surface area (Å²) in [4.78, 5) is 2.46. The van der Waals surface area contributed by atoms with Gasteiger partial charge in [-0.3, -0.25) is 10.00 Å². The van der Waals surface area contributed by atoms with Crippen molar-refractivity contribution in [3.63, 3.8) is 0 Å². The summed E-state index contributed by atoms with van der Waals surface area (Å²) >= 11 is 0. The Hall–Kier alpha value is -2.66. The van der Waals surface area contributed by atoms with Gasteiger partial charge in [0.25, 0.3) is 0 Å². The molecule has 27 heavy (non-hydrogen) atoms. The van der Waals surface area contributed by atoms with Crippen molar-refractivity contribution in [2.75, 3.05) is 20.2 Å². The van der Waals surface area contributed by atoms with Crippen LogP contribution in [0, 0.1) is 5.82 Å². The van der Waals surface area contributed by atoms with Crippen molar-refractivity contribution < 1.29 is 9.13 Å². The van der Waals surface area contributed by atoms with E-state index in [-0.39, 0.29) is 5.82 Å². The first-order valence-corrected chi connectivity index (χ1v) is 9.38. The van der Waals surface area contributed by atoms with Crippen molar-refractivity contribution in [3.05, 3.63) is 71.7 Å². The highest BCUT2D eigenvalue weighted by molar-refractivity contribution is 5.62. The molecule has 0 amide bonds. The molecule has 3 aromatic rings. The zero-order valence-corrected chi connectivity index (χ0v) is 15.5. The van der Waals surface area contributed by atoms with Crippen LogP contribution in [-0.2, 0) is 6.54 Å². The quantitative estimate of drug-likeness (QED) is 0.718. The van der Waals surface area contributed by atoms with E-state index in [1.54, 1.807) is 19.2 Å². The van der Waals surface area contributed by atoms with Gasteiger partial charge in [-0.25, -0.2) is 4.39 Å². The van der Waals surface area contributed by atoms with E-state index in [0.717, 1.165) is 55.0 Å². The molecule has 1 N–H and O–H groups in total. The largest absolute Gasteiger partial charge is 0.496 e. The van der Waals surface area contributed by atoms with Crippen LogP contribution in [0.2, 0.25) is 0 Å². The fraction of sp³-hybridized carbons (Fsp3) is 0.318. The fourth-order valence-corrected chi connectivity index (χ4v) is 3.94. The molecule has 1 aliphatic rings. The number of aromatic amines is 1. The zero-order chi connectivity index (χ0) is 18.6. The second-order valence-electron chi connectivity index (χ2n) is 7.07. The third kappa shape index (κ3) is 3.88. The second-order valence-corrected chi connectivity index (χ2v) is 7.07. The molecule has 0 atom stereocenters. The molecule has 0 radical (unpaired) electrons. The van der Waals surface area contributed by atoms with Gasteiger partial charge in [0.15, 0.2) is 0 Å². The SMILES string of the molecule is COc1ccccc1C1CCN(Cc2cn[nH]c2-c2ccc(F)cc2)CC1. The van der Waals surface area contributed by atoms with E-state index in [1.807, 2.05) is 18.3 Å². The maximum Gasteiger partial charge on any atom is 0.123 e. The Morgan fingerprint density at radius 1 is 1.11 bits per heavy atom. The van der Waals surface area contributed by atoms with Crippen LogP contribution < -0.4 is 4.74 Å². The van der Waals surface area contributed by atoms with Crippen LogP contribution in [0.4, 0.5) is 4.39 Å². The van der Waals surface area contributed by atoms with Crippen LogP contribution in [-0.4, -0.2) is 35.3 Å². The number of H-pyrrole nitrogens is 1. The predicted octanol–water partition coefficient (Wildman–Crippen LogP) is 4.60. The lowest BCUT2D eigenvalue weighted by molar-refractivity contribution is 0.203. The Bertz CT molecular complexity index is 883. The van der Waals surface area contributed by atoms with E-state index in [0.29, 0.717) is 5.92 Å². The number of hydrogen-bond donors (Lipinski definition) is 1. The van der Waals surface area contributed by atoms with Crippen molar-refractivity contribution in [1.29, 1.82) is 0 Å². The van der Waals surface area contributed by atoms with Crippen molar-refractivity contribution in [1.82, 2.24) is 15.1 Å². The normalized spacial score (nSPS) is 15.8. The number of methoxy groups -OCH3 is 1. The Kier molecular flexibility index (Phi) is 5.21. The van der Waals surface area contributed by atoms with Crippen molar-refractivity contribution >= 4 is 0 Å². The number of rotatable bonds is 5. The van der Waals surface area contributed by atoms with E-state index in [2.05, 4.69) is 27.2 Å². The number of likely N-dealkylation sites (tertiary alicyclic amines) is 1. The number of halogens is 1. The number of ether oxygens (including phenoxy) is 1. The molecular formula is C22H24FN3O. The van der Waals surface area contributed by atoms with Gasteiger partial charge in [0.05, 0.1) is 19.0 Å². The van der Waals surface area contributed by atoms with Crippen LogP contribution in [0.1, 0.15) is 29.9 Å². The van der Waals surface area contributed by atoms with Gasteiger partial charge in [-0.2, -0.15) is 5.10 Å². The smallest absolute Gasteiger partial charge is 0.123 e. The molecule has 1 aromatic heterocycles. The lowest BCUT2D eigenvalue weighted by atomic mass is 9.88. The Labute approximate surface area is 159 Å². The summed E-state index contributed by atoms with van der Waals surface area (Å²) in [5, 5.41) is 7.27. The molecule has 0 saturated carbocycles. The monoisotopic (exact) mass is 365 g/mol. The third-order valence-electron chi connectivity index (χ3n) is 5.41. The Morgan fingerprint density at radius 2 is 1.85 bits per heavy atom. The first kappa shape index (κ1) is 17.7. The molecule has 4 nitrogen and oxygen atoms in total. The van der Waals surface area contributed by atoms with Gasteiger partial charge in [-0.1, -0.05) is 18.2 Å². The molecule has 1 fully saturated rings. The van der Waals surface area contributed by atoms with Crippen LogP contribution in [0.3, 0.4) is 0 Å². The Morgan fingerprint density at radius 3 is 2.59 bits per heavy atom. The third-order valence-corrected chi connectivity index (χ3v) is 5.41. The summed E-state index contributed by atoms with van der Waals surface area (Å²) in [7, 11) is 1.74. The molecule has 1 saturated heterocycles. The van der Waals surface area contributed by atoms with E-state index in [1.165, 1.54) is 17.7 Å². The minimum absolute atomic E-state index is 0.224. The van der Waals surface area contributed by atoms with Gasteiger partial charge >= 0.3 is 0 Å². The van der Waals surface area contributed by atoms with Gasteiger partial charge in [-0.15, -0.1) is 0 Å². The molecule has 140 valence electrons. The van der Waals surface area contributed by atoms with Crippen molar-refractivity contribution in [2.45, 2.75) is 25.3 Å². The summed E-state index contributed by atoms with van der Waals surface area (Å²) in [6.07, 6.45) is 4.11. The maximum atomic E-state index is 13.2. The maximum absolute atomic E-state index is 13.2. The summed E-state index contributed by atoms with van der Waals surface area (Å²) in [5.41, 5.74) is 4.40. The standard InChI is InChI=1S/C22H24FN3O/c1-27-21-5-3-2-4-20(21)16-10-12-26(13-11-16)15-18-14-24-25-22(18)17-6-8-19(23)9-7-17/h2-9,14,16H,10-13,15H2,1H3,(H,24,25). The van der Waals surface area contributed by atoms with Gasteiger partial charge in [0.1, 0.15) is 11.6 Å². The van der Waals surface area contributed by atoms with E-state index in [9.17, 15) is 4.39 Å². The molecule has 2 heterocycles. The zero-order valence-electron chi connectivity index (χ0n) is 15.5. The number of para-hydroxylation sites is 1. The predicted molar refractivity (Wildman–Crippen MR) is 104 cm³/mol. The van der Waals surface area contributed by atoms with Gasteiger partial charge in [0, 0.05) is 17.7 Å². The molecule has 0 bridgehead atoms. The number of piperidine rings is 1. The second kappa shape index (κ2) is 7.92. The van der Waals surface area contributed by atoms with Crippen LogP contribution >= 0.6 is 0 Å². The summed E-state index contributed by atoms with van der Waals surface area (Å²) in [5.74, 6) is 1.31. The number of nitrogens with zero attached hydrogens (tertiary/aromatic N) is 2. The first-order valence-electron chi connectivity index (χ1n) is 9.38. The van der Waals surface area contributed by atoms with Gasteiger partial charge < -0.3 is 4.74 Å². The van der Waals surface area contributed by atoms with Crippen LogP contribution in [0.25, 0.3) is 11.3 Å². The van der Waals surface area contributed by atoms with E-state index >= 15 is 0 Å². The van der Waals surface area contributed by atoms with Gasteiger partial charge in [0.2, 0.25) is 0 Å². The molecule has 0 aliphatic carbocycles. The summed E-state index contributed by atoms with van der Waals surface area (Å²) in [6.45, 7) is 2.93. The highest BCUT2D eigenvalue weighted by Crippen LogP contribution is 2.34. The lowest BCUT2D eigenvalue weighted by Gasteiger charge is -2.32. The van der Waals surface area contributed by atoms with E-state index < -0.39 is 0 Å². The molecular weight excluding hydrogens is 341 g/mol. The first-order chi connectivity index (χ1) is 13.2. The van der Waals surface area contributed by atoms with Crippen LogP contribution in [0.5, 0.6) is 5.75 Å². The summed E-state index contributed by atoms with van der Waals surface area (Å²) < 4.78 is 18.7. The van der Waals surface area contributed by atoms with E-state index in [4.69, 9.17) is 4.74 Å². The number of aromatic nitrogens is 2. The highest BCUT2D eigenvalue weighted by atomic mass is 19.1. The molecule has 1 aliphatic heterocycles. The minimum Gasteiger partial charge on any atom is -0.496 e. The van der Waals surface area contributed by atoms with Crippen LogP contribution in [0.15, 0.2) is 54.7 Å². The minimum atomic E-state index is -0.224. The average Bonchev–Trinajstić information content (AvgIpc) is 3.17. The number of benzene rings is 2. The van der Waals surface area contributed by atoms with Crippen molar-refractivity contribution in [3.8, 4) is 17.0 Å². The lowest BCUT2D eigenvalue weighted by Crippen LogP contribution is -2.32. The van der Waals surface area contributed by atoms with Gasteiger partial charge in [-0.05, 0) is 67.7 Å². The fourth-order valence-electron chi connectivity index (χ4n) is 3.94. The number of hydrogen-bond acceptors (Lipinski definition) is 3. The topological polar surface area (TPSA) is 41.1 Å². The highest BCUT2D eigenvalue weighted by Gasteiger charge is 2.23. The molecule has 0 spiro atoms. The average molecular weight is 365 g/mol. The molecule has 5 heteroatoms. The van der Waals surface area contributed by atoms with Crippen molar-refractivity contribution in [2.24, 2.45) is 0 Å². The molecule has 2 aromatic carbocycles.